The van der Waals surface area contributed by atoms with E-state index in [-0.39, 0.29) is 18.1 Å². The van der Waals surface area contributed by atoms with Crippen molar-refractivity contribution in [2.24, 2.45) is 0 Å². The van der Waals surface area contributed by atoms with Gasteiger partial charge in [0, 0.05) is 25.1 Å². The van der Waals surface area contributed by atoms with E-state index in [1.54, 1.807) is 0 Å². The molecule has 1 amide bonds. The first-order valence-corrected chi connectivity index (χ1v) is 8.92. The van der Waals surface area contributed by atoms with Gasteiger partial charge in [0.05, 0.1) is 31.0 Å². The highest BCUT2D eigenvalue weighted by molar-refractivity contribution is 5.94. The van der Waals surface area contributed by atoms with Crippen LogP contribution >= 0.6 is 0 Å². The van der Waals surface area contributed by atoms with E-state index >= 15 is 0 Å². The fourth-order valence-corrected chi connectivity index (χ4v) is 3.85. The van der Waals surface area contributed by atoms with E-state index in [1.165, 1.54) is 0 Å². The third-order valence-corrected chi connectivity index (χ3v) is 4.95. The van der Waals surface area contributed by atoms with Gasteiger partial charge in [-0.1, -0.05) is 0 Å². The summed E-state index contributed by atoms with van der Waals surface area (Å²) < 4.78 is 9.60. The second kappa shape index (κ2) is 5.94. The lowest BCUT2D eigenvalue weighted by Gasteiger charge is -2.28. The molecule has 2 aliphatic rings. The molecule has 0 aliphatic carbocycles. The quantitative estimate of drug-likeness (QED) is 0.825. The zero-order valence-corrected chi connectivity index (χ0v) is 15.2. The summed E-state index contributed by atoms with van der Waals surface area (Å²) in [6.45, 7) is 10.4. The highest BCUT2D eigenvalue weighted by Gasteiger charge is 2.34. The third kappa shape index (κ3) is 2.64. The molecule has 4 heterocycles. The van der Waals surface area contributed by atoms with Gasteiger partial charge >= 0.3 is 0 Å². The molecule has 4 rings (SSSR count). The molecule has 2 aliphatic heterocycles. The van der Waals surface area contributed by atoms with Crippen LogP contribution in [0.2, 0.25) is 0 Å². The molecule has 2 aromatic heterocycles. The highest BCUT2D eigenvalue weighted by atomic mass is 16.5. The number of fused-ring (bicyclic) bond motifs is 2. The van der Waals surface area contributed by atoms with Crippen molar-refractivity contribution in [2.45, 2.75) is 66.0 Å². The number of nitrogens with zero attached hydrogens (tertiary/aromatic N) is 6. The Labute approximate surface area is 146 Å². The maximum Gasteiger partial charge on any atom is 0.272 e. The number of ether oxygens (including phenoxy) is 1. The van der Waals surface area contributed by atoms with Gasteiger partial charge < -0.3 is 9.64 Å². The molecule has 0 saturated heterocycles. The van der Waals surface area contributed by atoms with Crippen LogP contribution in [-0.2, 0) is 30.8 Å². The van der Waals surface area contributed by atoms with Crippen molar-refractivity contribution < 1.29 is 9.53 Å². The van der Waals surface area contributed by atoms with Crippen molar-refractivity contribution in [3.63, 3.8) is 0 Å². The lowest BCUT2D eigenvalue weighted by atomic mass is 9.99. The molecule has 0 saturated carbocycles. The van der Waals surface area contributed by atoms with Crippen LogP contribution in [0.25, 0.3) is 0 Å². The maximum atomic E-state index is 13.3. The number of hydrogen-bond acceptors (Lipinski definition) is 5. The normalized spacial score (nSPS) is 22.6. The Balaban J connectivity index is 1.69. The molecule has 8 nitrogen and oxygen atoms in total. The number of carbonyl (C=O) groups excluding carboxylic acids is 1. The molecule has 2 atom stereocenters. The summed E-state index contributed by atoms with van der Waals surface area (Å²) in [4.78, 5) is 19.6. The van der Waals surface area contributed by atoms with Crippen molar-refractivity contribution in [3.8, 4) is 0 Å². The molecule has 0 unspecified atom stereocenters. The van der Waals surface area contributed by atoms with Crippen LogP contribution in [-0.4, -0.2) is 48.0 Å². The van der Waals surface area contributed by atoms with Crippen LogP contribution in [0, 0.1) is 6.92 Å². The van der Waals surface area contributed by atoms with Gasteiger partial charge in [-0.15, -0.1) is 0 Å². The first-order valence-electron chi connectivity index (χ1n) is 8.92. The molecule has 25 heavy (non-hydrogen) atoms. The molecule has 0 aromatic carbocycles. The van der Waals surface area contributed by atoms with Crippen molar-refractivity contribution in [1.29, 1.82) is 0 Å². The molecule has 0 bridgehead atoms. The Morgan fingerprint density at radius 1 is 1.28 bits per heavy atom. The number of carbonyl (C=O) groups is 1. The van der Waals surface area contributed by atoms with Crippen LogP contribution in [0.5, 0.6) is 0 Å². The highest BCUT2D eigenvalue weighted by Crippen LogP contribution is 2.32. The van der Waals surface area contributed by atoms with Crippen LogP contribution < -0.4 is 0 Å². The number of aryl methyl sites for hydroxylation is 2. The minimum absolute atomic E-state index is 0.0313. The number of rotatable bonds is 2. The Kier molecular flexibility index (Phi) is 3.87. The third-order valence-electron chi connectivity index (χ3n) is 4.95. The average Bonchev–Trinajstić information content (AvgIpc) is 3.12. The topological polar surface area (TPSA) is 78.1 Å². The summed E-state index contributed by atoms with van der Waals surface area (Å²) in [7, 11) is 0. The Bertz CT molecular complexity index is 823. The van der Waals surface area contributed by atoms with Gasteiger partial charge in [0.15, 0.2) is 0 Å². The van der Waals surface area contributed by atoms with Crippen molar-refractivity contribution in [3.05, 3.63) is 28.6 Å². The van der Waals surface area contributed by atoms with Gasteiger partial charge in [-0.3, -0.25) is 9.48 Å². The second-order valence-electron chi connectivity index (χ2n) is 6.85. The number of aromatic nitrogens is 5. The van der Waals surface area contributed by atoms with Crippen LogP contribution in [0.15, 0.2) is 0 Å². The van der Waals surface area contributed by atoms with Gasteiger partial charge in [-0.05, 0) is 27.7 Å². The van der Waals surface area contributed by atoms with E-state index in [9.17, 15) is 4.79 Å². The SMILES string of the molecule is CCn1nc2c(c1C(=O)N1CCn3nc(C)nc3C1)C[C@H](C)O[C@@H]2C. The fourth-order valence-electron chi connectivity index (χ4n) is 3.85. The summed E-state index contributed by atoms with van der Waals surface area (Å²) >= 11 is 0. The average molecular weight is 344 g/mol. The molecular formula is C17H24N6O2. The Morgan fingerprint density at radius 2 is 2.08 bits per heavy atom. The van der Waals surface area contributed by atoms with Gasteiger partial charge in [-0.25, -0.2) is 9.67 Å². The summed E-state index contributed by atoms with van der Waals surface area (Å²) in [5.74, 6) is 1.63. The second-order valence-corrected chi connectivity index (χ2v) is 6.85. The van der Waals surface area contributed by atoms with E-state index in [2.05, 4.69) is 15.2 Å². The van der Waals surface area contributed by atoms with Gasteiger partial charge in [0.25, 0.3) is 5.91 Å². The molecule has 0 fully saturated rings. The van der Waals surface area contributed by atoms with E-state index in [0.29, 0.717) is 31.9 Å². The molecule has 134 valence electrons. The smallest absolute Gasteiger partial charge is 0.272 e. The maximum absolute atomic E-state index is 13.3. The summed E-state index contributed by atoms with van der Waals surface area (Å²) in [6.07, 6.45) is 0.741. The molecular weight excluding hydrogens is 320 g/mol. The van der Waals surface area contributed by atoms with Gasteiger partial charge in [-0.2, -0.15) is 10.2 Å². The molecule has 0 radical (unpaired) electrons. The molecule has 2 aromatic rings. The first-order chi connectivity index (χ1) is 12.0. The molecule has 8 heteroatoms. The van der Waals surface area contributed by atoms with E-state index in [0.717, 1.165) is 29.3 Å². The number of hydrogen-bond donors (Lipinski definition) is 0. The summed E-state index contributed by atoms with van der Waals surface area (Å²) in [6, 6.07) is 0. The molecule has 0 N–H and O–H groups in total. The zero-order chi connectivity index (χ0) is 17.7. The monoisotopic (exact) mass is 344 g/mol. The molecule has 0 spiro atoms. The van der Waals surface area contributed by atoms with Crippen molar-refractivity contribution >= 4 is 5.91 Å². The standard InChI is InChI=1S/C17H24N6O2/c1-5-22-16(13-8-10(2)25-11(3)15(13)20-22)17(24)21-6-7-23-14(9-21)18-12(4)19-23/h10-11H,5-9H2,1-4H3/t10-,11+/m0/s1. The summed E-state index contributed by atoms with van der Waals surface area (Å²) in [5.41, 5.74) is 2.66. The predicted octanol–water partition coefficient (Wildman–Crippen LogP) is 1.48. The minimum Gasteiger partial charge on any atom is -0.369 e. The Morgan fingerprint density at radius 3 is 2.84 bits per heavy atom. The first kappa shape index (κ1) is 16.3. The van der Waals surface area contributed by atoms with E-state index in [1.807, 2.05) is 42.0 Å². The Hall–Kier alpha value is -2.22. The van der Waals surface area contributed by atoms with Gasteiger partial charge in [0.2, 0.25) is 0 Å². The minimum atomic E-state index is -0.0785. The van der Waals surface area contributed by atoms with E-state index in [4.69, 9.17) is 4.74 Å². The van der Waals surface area contributed by atoms with Crippen molar-refractivity contribution in [2.75, 3.05) is 6.54 Å². The summed E-state index contributed by atoms with van der Waals surface area (Å²) in [5, 5.41) is 9.03. The fraction of sp³-hybridized carbons (Fsp3) is 0.647. The van der Waals surface area contributed by atoms with Crippen LogP contribution in [0.1, 0.15) is 60.3 Å². The largest absolute Gasteiger partial charge is 0.369 e. The lowest BCUT2D eigenvalue weighted by molar-refractivity contribution is -0.00717. The van der Waals surface area contributed by atoms with E-state index < -0.39 is 0 Å². The van der Waals surface area contributed by atoms with Crippen LogP contribution in [0.4, 0.5) is 0 Å². The van der Waals surface area contributed by atoms with Crippen molar-refractivity contribution in [1.82, 2.24) is 29.4 Å². The lowest BCUT2D eigenvalue weighted by Crippen LogP contribution is -2.40. The van der Waals surface area contributed by atoms with Gasteiger partial charge in [0.1, 0.15) is 17.3 Å². The zero-order valence-electron chi connectivity index (χ0n) is 15.2. The van der Waals surface area contributed by atoms with Crippen LogP contribution in [0.3, 0.4) is 0 Å². The predicted molar refractivity (Wildman–Crippen MR) is 90.1 cm³/mol. The number of amides is 1.